The summed E-state index contributed by atoms with van der Waals surface area (Å²) >= 11 is 12.0. The lowest BCUT2D eigenvalue weighted by atomic mass is 10.2. The van der Waals surface area contributed by atoms with Gasteiger partial charge in [-0.15, -0.1) is 0 Å². The van der Waals surface area contributed by atoms with Gasteiger partial charge >= 0.3 is 0 Å². The number of hydrogen-bond donors (Lipinski definition) is 1. The van der Waals surface area contributed by atoms with Crippen molar-refractivity contribution in [3.8, 4) is 5.88 Å². The molecule has 1 aromatic heterocycles. The van der Waals surface area contributed by atoms with Gasteiger partial charge in [-0.2, -0.15) is 0 Å². The Labute approximate surface area is 116 Å². The van der Waals surface area contributed by atoms with Gasteiger partial charge in [0.2, 0.25) is 5.88 Å². The summed E-state index contributed by atoms with van der Waals surface area (Å²) in [5.74, 6) is 0.476. The predicted molar refractivity (Wildman–Crippen MR) is 74.6 cm³/mol. The fourth-order valence-electron chi connectivity index (χ4n) is 1.55. The molecule has 18 heavy (non-hydrogen) atoms. The van der Waals surface area contributed by atoms with Gasteiger partial charge in [-0.3, -0.25) is 0 Å². The average Bonchev–Trinajstić information content (AvgIpc) is 2.37. The molecule has 0 atom stereocenters. The van der Waals surface area contributed by atoms with Gasteiger partial charge in [-0.05, 0) is 18.2 Å². The van der Waals surface area contributed by atoms with E-state index >= 15 is 0 Å². The van der Waals surface area contributed by atoms with Crippen LogP contribution >= 0.6 is 23.2 Å². The molecule has 0 radical (unpaired) electrons. The highest BCUT2D eigenvalue weighted by Crippen LogP contribution is 2.25. The summed E-state index contributed by atoms with van der Waals surface area (Å²) in [4.78, 5) is 4.07. The molecule has 94 valence electrons. The predicted octanol–water partition coefficient (Wildman–Crippen LogP) is 4.01. The van der Waals surface area contributed by atoms with Gasteiger partial charge in [0.15, 0.2) is 0 Å². The van der Waals surface area contributed by atoms with Crippen LogP contribution in [-0.4, -0.2) is 12.0 Å². The van der Waals surface area contributed by atoms with E-state index in [1.165, 1.54) is 0 Å². The van der Waals surface area contributed by atoms with E-state index in [2.05, 4.69) is 10.3 Å². The molecule has 5 heteroatoms. The lowest BCUT2D eigenvalue weighted by molar-refractivity contribution is 0.294. The Bertz CT molecular complexity index is 546. The lowest BCUT2D eigenvalue weighted by Gasteiger charge is -2.11. The summed E-state index contributed by atoms with van der Waals surface area (Å²) in [5, 5.41) is 4.32. The summed E-state index contributed by atoms with van der Waals surface area (Å²) in [6.07, 6.45) is 1.60. The first-order chi connectivity index (χ1) is 8.70. The quantitative estimate of drug-likeness (QED) is 0.920. The molecule has 0 fully saturated rings. The average molecular weight is 283 g/mol. The maximum absolute atomic E-state index is 6.14. The Morgan fingerprint density at radius 2 is 2.11 bits per heavy atom. The van der Waals surface area contributed by atoms with Crippen LogP contribution in [0.3, 0.4) is 0 Å². The van der Waals surface area contributed by atoms with Gasteiger partial charge in [0.05, 0.1) is 0 Å². The highest BCUT2D eigenvalue weighted by Gasteiger charge is 2.07. The number of rotatable bonds is 4. The van der Waals surface area contributed by atoms with E-state index in [9.17, 15) is 0 Å². The maximum Gasteiger partial charge on any atom is 0.215 e. The molecule has 1 aromatic carbocycles. The van der Waals surface area contributed by atoms with E-state index in [1.807, 2.05) is 25.2 Å². The minimum Gasteiger partial charge on any atom is -0.473 e. The largest absolute Gasteiger partial charge is 0.473 e. The first-order valence-corrected chi connectivity index (χ1v) is 6.16. The Hall–Kier alpha value is -1.45. The van der Waals surface area contributed by atoms with Crippen molar-refractivity contribution in [2.45, 2.75) is 6.61 Å². The molecule has 2 aromatic rings. The smallest absolute Gasteiger partial charge is 0.215 e. The fraction of sp³-hybridized carbons (Fsp3) is 0.154. The molecule has 2 rings (SSSR count). The normalized spacial score (nSPS) is 10.2. The van der Waals surface area contributed by atoms with Crippen molar-refractivity contribution in [2.75, 3.05) is 12.4 Å². The van der Waals surface area contributed by atoms with Gasteiger partial charge in [0, 0.05) is 40.6 Å². The third-order valence-corrected chi connectivity index (χ3v) is 3.04. The number of nitrogens with zero attached hydrogens (tertiary/aromatic N) is 1. The molecule has 0 saturated carbocycles. The summed E-state index contributed by atoms with van der Waals surface area (Å²) in [6, 6.07) is 9.01. The molecule has 0 bridgehead atoms. The molecule has 0 unspecified atom stereocenters. The number of benzene rings is 1. The summed E-state index contributed by atoms with van der Waals surface area (Å²) < 4.78 is 5.58. The van der Waals surface area contributed by atoms with Crippen LogP contribution in [0.25, 0.3) is 0 Å². The second-order valence-corrected chi connectivity index (χ2v) is 4.46. The van der Waals surface area contributed by atoms with Crippen molar-refractivity contribution in [1.82, 2.24) is 4.98 Å². The zero-order chi connectivity index (χ0) is 13.0. The number of hydrogen-bond acceptors (Lipinski definition) is 3. The van der Waals surface area contributed by atoms with Crippen molar-refractivity contribution in [1.29, 1.82) is 0 Å². The van der Waals surface area contributed by atoms with Crippen LogP contribution < -0.4 is 10.1 Å². The highest BCUT2D eigenvalue weighted by molar-refractivity contribution is 6.31. The molecule has 0 aliphatic rings. The monoisotopic (exact) mass is 282 g/mol. The van der Waals surface area contributed by atoms with Crippen molar-refractivity contribution in [3.63, 3.8) is 0 Å². The SMILES string of the molecule is CNc1cccc(Cl)c1COc1cc(Cl)ccn1. The van der Waals surface area contributed by atoms with Crippen molar-refractivity contribution >= 4 is 28.9 Å². The van der Waals surface area contributed by atoms with Crippen molar-refractivity contribution in [2.24, 2.45) is 0 Å². The van der Waals surface area contributed by atoms with E-state index in [0.717, 1.165) is 11.3 Å². The van der Waals surface area contributed by atoms with E-state index in [4.69, 9.17) is 27.9 Å². The first kappa shape index (κ1) is 13.0. The molecule has 1 heterocycles. The van der Waals surface area contributed by atoms with Crippen LogP contribution in [0.4, 0.5) is 5.69 Å². The summed E-state index contributed by atoms with van der Waals surface area (Å²) in [5.41, 5.74) is 1.83. The number of anilines is 1. The third kappa shape index (κ3) is 3.06. The second-order valence-electron chi connectivity index (χ2n) is 3.62. The van der Waals surface area contributed by atoms with Crippen LogP contribution in [0.15, 0.2) is 36.5 Å². The number of ether oxygens (including phenoxy) is 1. The molecule has 0 spiro atoms. The number of nitrogens with one attached hydrogen (secondary N) is 1. The minimum absolute atomic E-state index is 0.336. The Morgan fingerprint density at radius 1 is 1.28 bits per heavy atom. The maximum atomic E-state index is 6.14. The van der Waals surface area contributed by atoms with E-state index in [-0.39, 0.29) is 0 Å². The molecule has 0 amide bonds. The van der Waals surface area contributed by atoms with Gasteiger partial charge in [0.25, 0.3) is 0 Å². The van der Waals surface area contributed by atoms with Crippen LogP contribution in [0, 0.1) is 0 Å². The third-order valence-electron chi connectivity index (χ3n) is 2.45. The van der Waals surface area contributed by atoms with Crippen LogP contribution in [0.2, 0.25) is 10.0 Å². The molecule has 3 nitrogen and oxygen atoms in total. The van der Waals surface area contributed by atoms with Gasteiger partial charge < -0.3 is 10.1 Å². The van der Waals surface area contributed by atoms with Gasteiger partial charge in [-0.25, -0.2) is 4.98 Å². The molecule has 0 saturated heterocycles. The summed E-state index contributed by atoms with van der Waals surface area (Å²) in [6.45, 7) is 0.336. The van der Waals surface area contributed by atoms with Crippen LogP contribution in [-0.2, 0) is 6.61 Å². The Kier molecular flexibility index (Phi) is 4.28. The minimum atomic E-state index is 0.336. The molecular weight excluding hydrogens is 271 g/mol. The van der Waals surface area contributed by atoms with E-state index in [1.54, 1.807) is 18.3 Å². The van der Waals surface area contributed by atoms with Crippen molar-refractivity contribution < 1.29 is 4.74 Å². The van der Waals surface area contributed by atoms with Gasteiger partial charge in [-0.1, -0.05) is 29.3 Å². The van der Waals surface area contributed by atoms with Crippen molar-refractivity contribution in [3.05, 3.63) is 52.1 Å². The van der Waals surface area contributed by atoms with Crippen LogP contribution in [0.1, 0.15) is 5.56 Å². The molecular formula is C13H12Cl2N2O. The van der Waals surface area contributed by atoms with Gasteiger partial charge in [0.1, 0.15) is 6.61 Å². The highest BCUT2D eigenvalue weighted by atomic mass is 35.5. The number of halogens is 2. The molecule has 1 N–H and O–H groups in total. The number of aromatic nitrogens is 1. The summed E-state index contributed by atoms with van der Waals surface area (Å²) in [7, 11) is 1.84. The second kappa shape index (κ2) is 5.94. The van der Waals surface area contributed by atoms with E-state index < -0.39 is 0 Å². The zero-order valence-corrected chi connectivity index (χ0v) is 11.3. The topological polar surface area (TPSA) is 34.1 Å². The zero-order valence-electron chi connectivity index (χ0n) is 9.78. The van der Waals surface area contributed by atoms with Crippen LogP contribution in [0.5, 0.6) is 5.88 Å². The van der Waals surface area contributed by atoms with E-state index in [0.29, 0.717) is 22.5 Å². The number of pyridine rings is 1. The molecule has 0 aliphatic carbocycles. The Morgan fingerprint density at radius 3 is 2.83 bits per heavy atom. The lowest BCUT2D eigenvalue weighted by Crippen LogP contribution is -2.02. The molecule has 0 aliphatic heterocycles. The Balaban J connectivity index is 2.15. The standard InChI is InChI=1S/C13H12Cl2N2O/c1-16-12-4-2-3-11(15)10(12)8-18-13-7-9(14)5-6-17-13/h2-7,16H,8H2,1H3. The fourth-order valence-corrected chi connectivity index (χ4v) is 1.93. The first-order valence-electron chi connectivity index (χ1n) is 5.40.